The van der Waals surface area contributed by atoms with Crippen LogP contribution in [0.3, 0.4) is 0 Å². The molecule has 5 heteroatoms. The molecule has 1 amide bonds. The summed E-state index contributed by atoms with van der Waals surface area (Å²) in [6.07, 6.45) is 0.820. The Balaban J connectivity index is 2.65. The smallest absolute Gasteiger partial charge is 0.326 e. The van der Waals surface area contributed by atoms with Crippen molar-refractivity contribution in [1.29, 1.82) is 0 Å². The summed E-state index contributed by atoms with van der Waals surface area (Å²) in [5, 5.41) is 11.7. The maximum atomic E-state index is 11.8. The van der Waals surface area contributed by atoms with Gasteiger partial charge in [-0.1, -0.05) is 32.4 Å². The Hall–Kier alpha value is -2.04. The van der Waals surface area contributed by atoms with Crippen molar-refractivity contribution < 1.29 is 14.7 Å². The van der Waals surface area contributed by atoms with Crippen LogP contribution in [0.5, 0.6) is 0 Å². The first-order valence-electron chi connectivity index (χ1n) is 6.30. The summed E-state index contributed by atoms with van der Waals surface area (Å²) in [6, 6.07) is 6.15. The Morgan fingerprint density at radius 1 is 1.42 bits per heavy atom. The van der Waals surface area contributed by atoms with Crippen LogP contribution in [-0.4, -0.2) is 23.0 Å². The molecule has 0 aliphatic heterocycles. The zero-order chi connectivity index (χ0) is 14.4. The van der Waals surface area contributed by atoms with Gasteiger partial charge >= 0.3 is 5.97 Å². The molecule has 19 heavy (non-hydrogen) atoms. The quantitative estimate of drug-likeness (QED) is 0.678. The van der Waals surface area contributed by atoms with Gasteiger partial charge in [0, 0.05) is 5.69 Å². The van der Waals surface area contributed by atoms with E-state index >= 15 is 0 Å². The van der Waals surface area contributed by atoms with E-state index in [1.54, 1.807) is 31.2 Å². The minimum absolute atomic E-state index is 0.109. The van der Waals surface area contributed by atoms with E-state index in [-0.39, 0.29) is 18.2 Å². The fraction of sp³-hybridized carbons (Fsp3) is 0.429. The number of nitrogens with one attached hydrogen (secondary N) is 1. The highest BCUT2D eigenvalue weighted by Crippen LogP contribution is 2.10. The van der Waals surface area contributed by atoms with Crippen molar-refractivity contribution >= 4 is 17.6 Å². The number of carbonyl (C=O) groups is 2. The SMILES string of the molecule is CCC(C)[C@H](NC(=O)Cc1cccc(N)c1)C(=O)O. The summed E-state index contributed by atoms with van der Waals surface area (Å²) in [4.78, 5) is 23.0. The summed E-state index contributed by atoms with van der Waals surface area (Å²) in [5.41, 5.74) is 6.98. The number of aliphatic carboxylic acids is 1. The first kappa shape index (κ1) is 15.0. The number of carboxylic acid groups (broad SMARTS) is 1. The number of amides is 1. The molecule has 2 atom stereocenters. The molecule has 1 unspecified atom stereocenters. The van der Waals surface area contributed by atoms with Gasteiger partial charge in [-0.25, -0.2) is 4.79 Å². The standard InChI is InChI=1S/C14H20N2O3/c1-3-9(2)13(14(18)19)16-12(17)8-10-5-4-6-11(15)7-10/h4-7,9,13H,3,8,15H2,1-2H3,(H,16,17)(H,18,19)/t9?,13-/m0/s1. The predicted molar refractivity (Wildman–Crippen MR) is 73.6 cm³/mol. The molecule has 1 rings (SSSR count). The molecule has 4 N–H and O–H groups in total. The summed E-state index contributed by atoms with van der Waals surface area (Å²) in [6.45, 7) is 3.70. The average molecular weight is 264 g/mol. The number of nitrogens with two attached hydrogens (primary N) is 1. The van der Waals surface area contributed by atoms with Gasteiger partial charge in [-0.15, -0.1) is 0 Å². The van der Waals surface area contributed by atoms with Gasteiger partial charge in [0.15, 0.2) is 0 Å². The highest BCUT2D eigenvalue weighted by atomic mass is 16.4. The second-order valence-electron chi connectivity index (χ2n) is 4.69. The Morgan fingerprint density at radius 3 is 2.63 bits per heavy atom. The van der Waals surface area contributed by atoms with Crippen LogP contribution >= 0.6 is 0 Å². The number of benzene rings is 1. The zero-order valence-electron chi connectivity index (χ0n) is 11.2. The second kappa shape index (κ2) is 6.78. The van der Waals surface area contributed by atoms with E-state index in [0.29, 0.717) is 12.1 Å². The van der Waals surface area contributed by atoms with Crippen molar-refractivity contribution in [2.24, 2.45) is 5.92 Å². The van der Waals surface area contributed by atoms with E-state index in [1.807, 2.05) is 6.92 Å². The number of carboxylic acids is 1. The molecule has 0 fully saturated rings. The molecule has 0 aromatic heterocycles. The van der Waals surface area contributed by atoms with Crippen LogP contribution in [0.2, 0.25) is 0 Å². The molecule has 0 saturated heterocycles. The van der Waals surface area contributed by atoms with Gasteiger partial charge in [0.1, 0.15) is 6.04 Å². The fourth-order valence-electron chi connectivity index (χ4n) is 1.80. The molecule has 1 aromatic rings. The third-order valence-electron chi connectivity index (χ3n) is 3.11. The van der Waals surface area contributed by atoms with E-state index in [4.69, 9.17) is 10.8 Å². The third-order valence-corrected chi connectivity index (χ3v) is 3.11. The largest absolute Gasteiger partial charge is 0.480 e. The summed E-state index contributed by atoms with van der Waals surface area (Å²) in [5.74, 6) is -1.42. The van der Waals surface area contributed by atoms with E-state index in [1.165, 1.54) is 0 Å². The fourth-order valence-corrected chi connectivity index (χ4v) is 1.80. The molecular weight excluding hydrogens is 244 g/mol. The number of rotatable bonds is 6. The summed E-state index contributed by atoms with van der Waals surface area (Å²) in [7, 11) is 0. The Morgan fingerprint density at radius 2 is 2.11 bits per heavy atom. The van der Waals surface area contributed by atoms with E-state index < -0.39 is 12.0 Å². The monoisotopic (exact) mass is 264 g/mol. The number of carbonyl (C=O) groups excluding carboxylic acids is 1. The van der Waals surface area contributed by atoms with Gasteiger partial charge < -0.3 is 16.2 Å². The molecule has 1 aromatic carbocycles. The maximum absolute atomic E-state index is 11.8. The summed E-state index contributed by atoms with van der Waals surface area (Å²) < 4.78 is 0. The number of hydrogen-bond donors (Lipinski definition) is 3. The number of nitrogen functional groups attached to an aromatic ring is 1. The molecule has 0 aliphatic carbocycles. The van der Waals surface area contributed by atoms with Gasteiger partial charge in [-0.3, -0.25) is 4.79 Å². The predicted octanol–water partition coefficient (Wildman–Crippen LogP) is 1.43. The van der Waals surface area contributed by atoms with Crippen LogP contribution in [-0.2, 0) is 16.0 Å². The minimum Gasteiger partial charge on any atom is -0.480 e. The number of hydrogen-bond acceptors (Lipinski definition) is 3. The summed E-state index contributed by atoms with van der Waals surface area (Å²) >= 11 is 0. The van der Waals surface area contributed by atoms with Gasteiger partial charge in [0.2, 0.25) is 5.91 Å². The normalized spacial score (nSPS) is 13.6. The molecule has 5 nitrogen and oxygen atoms in total. The molecular formula is C14H20N2O3. The molecule has 0 radical (unpaired) electrons. The highest BCUT2D eigenvalue weighted by molar-refractivity contribution is 5.85. The third kappa shape index (κ3) is 4.62. The van der Waals surface area contributed by atoms with E-state index in [2.05, 4.69) is 5.32 Å². The van der Waals surface area contributed by atoms with Crippen molar-refractivity contribution in [1.82, 2.24) is 5.32 Å². The van der Waals surface area contributed by atoms with Gasteiger partial charge in [-0.05, 0) is 23.6 Å². The zero-order valence-corrected chi connectivity index (χ0v) is 11.2. The van der Waals surface area contributed by atoms with Crippen molar-refractivity contribution in [2.45, 2.75) is 32.7 Å². The highest BCUT2D eigenvalue weighted by Gasteiger charge is 2.25. The van der Waals surface area contributed by atoms with E-state index in [0.717, 1.165) is 5.56 Å². The topological polar surface area (TPSA) is 92.4 Å². The molecule has 0 aliphatic rings. The maximum Gasteiger partial charge on any atom is 0.326 e. The van der Waals surface area contributed by atoms with Gasteiger partial charge in [0.25, 0.3) is 0 Å². The lowest BCUT2D eigenvalue weighted by Gasteiger charge is -2.20. The van der Waals surface area contributed by atoms with Crippen LogP contribution in [0.1, 0.15) is 25.8 Å². The van der Waals surface area contributed by atoms with Crippen LogP contribution in [0, 0.1) is 5.92 Å². The number of anilines is 1. The second-order valence-corrected chi connectivity index (χ2v) is 4.69. The Kier molecular flexibility index (Phi) is 5.36. The molecule has 0 bridgehead atoms. The molecule has 0 saturated carbocycles. The first-order valence-corrected chi connectivity index (χ1v) is 6.30. The molecule has 104 valence electrons. The van der Waals surface area contributed by atoms with Crippen molar-refractivity contribution in [3.8, 4) is 0 Å². The first-order chi connectivity index (χ1) is 8.93. The van der Waals surface area contributed by atoms with Crippen LogP contribution < -0.4 is 11.1 Å². The van der Waals surface area contributed by atoms with E-state index in [9.17, 15) is 9.59 Å². The Labute approximate surface area is 112 Å². The lowest BCUT2D eigenvalue weighted by atomic mass is 9.99. The van der Waals surface area contributed by atoms with Crippen molar-refractivity contribution in [2.75, 3.05) is 5.73 Å². The molecule has 0 heterocycles. The van der Waals surface area contributed by atoms with Crippen LogP contribution in [0.15, 0.2) is 24.3 Å². The van der Waals surface area contributed by atoms with Crippen LogP contribution in [0.25, 0.3) is 0 Å². The average Bonchev–Trinajstić information content (AvgIpc) is 2.34. The van der Waals surface area contributed by atoms with Crippen molar-refractivity contribution in [3.05, 3.63) is 29.8 Å². The van der Waals surface area contributed by atoms with Gasteiger partial charge in [-0.2, -0.15) is 0 Å². The lowest BCUT2D eigenvalue weighted by Crippen LogP contribution is -2.45. The Bertz CT molecular complexity index is 460. The minimum atomic E-state index is -1.00. The van der Waals surface area contributed by atoms with Crippen molar-refractivity contribution in [3.63, 3.8) is 0 Å². The van der Waals surface area contributed by atoms with Gasteiger partial charge in [0.05, 0.1) is 6.42 Å². The molecule has 0 spiro atoms. The lowest BCUT2D eigenvalue weighted by molar-refractivity contribution is -0.143. The van der Waals surface area contributed by atoms with Crippen LogP contribution in [0.4, 0.5) is 5.69 Å².